The highest BCUT2D eigenvalue weighted by Crippen LogP contribution is 2.49. The van der Waals surface area contributed by atoms with Gasteiger partial charge in [0.15, 0.2) is 17.0 Å². The first-order valence-corrected chi connectivity index (χ1v) is 14.2. The molecule has 2 atom stereocenters. The van der Waals surface area contributed by atoms with Gasteiger partial charge in [0.05, 0.1) is 25.0 Å². The number of carbonyl (C=O) groups is 2. The number of aromatic nitrogens is 1. The molecule has 2 aliphatic rings. The van der Waals surface area contributed by atoms with Gasteiger partial charge in [-0.3, -0.25) is 9.59 Å². The number of nitrogens with one attached hydrogen (secondary N) is 1. The second kappa shape index (κ2) is 10.7. The molecule has 0 aliphatic carbocycles. The fourth-order valence-corrected chi connectivity index (χ4v) is 6.40. The van der Waals surface area contributed by atoms with Crippen molar-refractivity contribution < 1.29 is 32.2 Å². The van der Waals surface area contributed by atoms with Crippen LogP contribution in [0.3, 0.4) is 0 Å². The number of amides is 2. The van der Waals surface area contributed by atoms with E-state index in [0.717, 1.165) is 40.6 Å². The highest BCUT2D eigenvalue weighted by atomic mass is 19.4. The lowest BCUT2D eigenvalue weighted by molar-refractivity contribution is -0.167. The lowest BCUT2D eigenvalue weighted by Crippen LogP contribution is -2.67. The summed E-state index contributed by atoms with van der Waals surface area (Å²) in [5, 5.41) is 0.934. The molecule has 6 rings (SSSR count). The van der Waals surface area contributed by atoms with Crippen LogP contribution >= 0.6 is 0 Å². The third-order valence-electron chi connectivity index (χ3n) is 8.50. The van der Waals surface area contributed by atoms with E-state index in [4.69, 9.17) is 9.47 Å². The van der Waals surface area contributed by atoms with Gasteiger partial charge in [0.25, 0.3) is 5.91 Å². The summed E-state index contributed by atoms with van der Waals surface area (Å²) in [4.78, 5) is 34.5. The Morgan fingerprint density at radius 1 is 1.02 bits per heavy atom. The smallest absolute Gasteiger partial charge is 0.416 e. The number of rotatable bonds is 7. The van der Waals surface area contributed by atoms with E-state index in [9.17, 15) is 22.8 Å². The molecule has 2 aliphatic heterocycles. The van der Waals surface area contributed by atoms with E-state index in [1.807, 2.05) is 49.4 Å². The summed E-state index contributed by atoms with van der Waals surface area (Å²) in [5.74, 6) is 0.298. The fraction of sp³-hybridized carbons (Fsp3) is 0.333. The number of fused-ring (bicyclic) bond motifs is 5. The minimum absolute atomic E-state index is 0.118. The molecule has 3 heterocycles. The number of methoxy groups -OCH3 is 1. The predicted molar refractivity (Wildman–Crippen MR) is 155 cm³/mol. The Hall–Kier alpha value is -4.47. The van der Waals surface area contributed by atoms with Gasteiger partial charge in [-0.05, 0) is 60.4 Å². The Morgan fingerprint density at radius 3 is 2.56 bits per heavy atom. The van der Waals surface area contributed by atoms with E-state index in [2.05, 4.69) is 4.98 Å². The number of aromatic amines is 1. The quantitative estimate of drug-likeness (QED) is 0.277. The number of alkyl halides is 3. The minimum Gasteiger partial charge on any atom is -0.493 e. The first-order valence-electron chi connectivity index (χ1n) is 14.2. The van der Waals surface area contributed by atoms with Crippen LogP contribution in [0.4, 0.5) is 13.2 Å². The molecule has 0 bridgehead atoms. The van der Waals surface area contributed by atoms with E-state index < -0.39 is 17.3 Å². The fourth-order valence-electron chi connectivity index (χ4n) is 6.40. The van der Waals surface area contributed by atoms with Crippen LogP contribution < -0.4 is 9.47 Å². The van der Waals surface area contributed by atoms with E-state index in [1.165, 1.54) is 17.0 Å². The van der Waals surface area contributed by atoms with Crippen molar-refractivity contribution in [2.45, 2.75) is 44.4 Å². The molecule has 43 heavy (non-hydrogen) atoms. The Labute approximate surface area is 247 Å². The van der Waals surface area contributed by atoms with Gasteiger partial charge in [-0.25, -0.2) is 0 Å². The number of benzene rings is 3. The first kappa shape index (κ1) is 28.6. The number of para-hydroxylation sites is 1. The number of hydrogen-bond donors (Lipinski definition) is 1. The van der Waals surface area contributed by atoms with Crippen molar-refractivity contribution in [3.8, 4) is 11.5 Å². The zero-order chi connectivity index (χ0) is 30.5. The molecular formula is C33H32F3N3O4. The molecule has 1 N–H and O–H groups in total. The summed E-state index contributed by atoms with van der Waals surface area (Å²) < 4.78 is 51.6. The maximum atomic E-state index is 14.3. The Bertz CT molecular complexity index is 1720. The van der Waals surface area contributed by atoms with Gasteiger partial charge >= 0.3 is 6.18 Å². The molecule has 1 fully saturated rings. The average molecular weight is 592 g/mol. The lowest BCUT2D eigenvalue weighted by Gasteiger charge is -2.51. The van der Waals surface area contributed by atoms with Crippen molar-refractivity contribution in [3.05, 3.63) is 94.7 Å². The number of halogens is 3. The minimum atomic E-state index is -4.51. The molecular weight excluding hydrogens is 559 g/mol. The number of hydrogen-bond acceptors (Lipinski definition) is 4. The molecule has 1 aromatic heterocycles. The summed E-state index contributed by atoms with van der Waals surface area (Å²) in [6.07, 6.45) is -3.66. The van der Waals surface area contributed by atoms with Crippen LogP contribution in [0.2, 0.25) is 0 Å². The van der Waals surface area contributed by atoms with E-state index >= 15 is 0 Å². The zero-order valence-corrected chi connectivity index (χ0v) is 24.1. The van der Waals surface area contributed by atoms with Crippen molar-refractivity contribution in [2.75, 3.05) is 26.8 Å². The van der Waals surface area contributed by atoms with Crippen LogP contribution in [0.25, 0.3) is 10.9 Å². The Morgan fingerprint density at radius 2 is 1.81 bits per heavy atom. The van der Waals surface area contributed by atoms with Crippen molar-refractivity contribution >= 4 is 22.7 Å². The van der Waals surface area contributed by atoms with Gasteiger partial charge < -0.3 is 24.3 Å². The van der Waals surface area contributed by atoms with E-state index in [1.54, 1.807) is 18.9 Å². The topological polar surface area (TPSA) is 74.9 Å². The standard InChI is InChI=1S/C33H32F3N3O4/c1-4-14-43-26-13-12-21(16-27(26)42-3)24-18-39-28(40)19-38(17-20-8-7-9-22(15-20)33(34,35)36)31(41)32(39,2)30-29(24)23-10-5-6-11-25(23)37-30/h5-13,15-16,24,37H,4,14,17-19H2,1-3H3/t24?,32-/m0/s1. The Balaban J connectivity index is 1.44. The summed E-state index contributed by atoms with van der Waals surface area (Å²) in [6.45, 7) is 4.18. The molecule has 1 unspecified atom stereocenters. The molecule has 3 aromatic carbocycles. The summed E-state index contributed by atoms with van der Waals surface area (Å²) in [6, 6.07) is 18.4. The molecule has 4 aromatic rings. The first-order chi connectivity index (χ1) is 20.6. The molecule has 0 radical (unpaired) electrons. The van der Waals surface area contributed by atoms with Gasteiger partial charge in [0.1, 0.15) is 6.54 Å². The van der Waals surface area contributed by atoms with Crippen molar-refractivity contribution in [1.82, 2.24) is 14.8 Å². The lowest BCUT2D eigenvalue weighted by atomic mass is 9.76. The van der Waals surface area contributed by atoms with Crippen LogP contribution in [0.1, 0.15) is 54.1 Å². The summed E-state index contributed by atoms with van der Waals surface area (Å²) >= 11 is 0. The maximum Gasteiger partial charge on any atom is 0.416 e. The number of H-pyrrole nitrogens is 1. The third-order valence-corrected chi connectivity index (χ3v) is 8.50. The van der Waals surface area contributed by atoms with E-state index in [-0.39, 0.29) is 37.4 Å². The highest BCUT2D eigenvalue weighted by molar-refractivity contribution is 6.01. The molecule has 0 spiro atoms. The average Bonchev–Trinajstić information content (AvgIpc) is 3.39. The van der Waals surface area contributed by atoms with Gasteiger partial charge in [-0.2, -0.15) is 13.2 Å². The van der Waals surface area contributed by atoms with Gasteiger partial charge in [0.2, 0.25) is 5.91 Å². The molecule has 1 saturated heterocycles. The molecule has 0 saturated carbocycles. The van der Waals surface area contributed by atoms with E-state index in [0.29, 0.717) is 29.4 Å². The van der Waals surface area contributed by atoms with Crippen LogP contribution in [-0.2, 0) is 27.8 Å². The van der Waals surface area contributed by atoms with Crippen LogP contribution in [0.5, 0.6) is 11.5 Å². The van der Waals surface area contributed by atoms with Gasteiger partial charge in [-0.1, -0.05) is 43.3 Å². The largest absolute Gasteiger partial charge is 0.493 e. The van der Waals surface area contributed by atoms with Crippen molar-refractivity contribution in [3.63, 3.8) is 0 Å². The van der Waals surface area contributed by atoms with Crippen LogP contribution in [-0.4, -0.2) is 53.4 Å². The molecule has 224 valence electrons. The van der Waals surface area contributed by atoms with Crippen molar-refractivity contribution in [1.29, 1.82) is 0 Å². The van der Waals surface area contributed by atoms with Gasteiger partial charge in [-0.15, -0.1) is 0 Å². The molecule has 2 amide bonds. The number of carbonyl (C=O) groups excluding carboxylic acids is 2. The SMILES string of the molecule is CCCOc1ccc(C2CN3C(=O)CN(Cc4cccc(C(F)(F)F)c4)C(=O)[C@]3(C)c3[nH]c4ccccc4c32)cc1OC. The normalized spacial score (nSPS) is 20.3. The zero-order valence-electron chi connectivity index (χ0n) is 24.1. The predicted octanol–water partition coefficient (Wildman–Crippen LogP) is 6.22. The third kappa shape index (κ3) is 4.78. The number of nitrogens with zero attached hydrogens (tertiary/aromatic N) is 2. The summed E-state index contributed by atoms with van der Waals surface area (Å²) in [7, 11) is 1.58. The number of ether oxygens (including phenoxy) is 2. The summed E-state index contributed by atoms with van der Waals surface area (Å²) in [5.41, 5.74) is 1.36. The van der Waals surface area contributed by atoms with Crippen molar-refractivity contribution in [2.24, 2.45) is 0 Å². The molecule has 10 heteroatoms. The van der Waals surface area contributed by atoms with Crippen LogP contribution in [0.15, 0.2) is 66.7 Å². The molecule has 7 nitrogen and oxygen atoms in total. The monoisotopic (exact) mass is 591 g/mol. The second-order valence-corrected chi connectivity index (χ2v) is 11.2. The second-order valence-electron chi connectivity index (χ2n) is 11.2. The van der Waals surface area contributed by atoms with Gasteiger partial charge in [0, 0.05) is 29.9 Å². The maximum absolute atomic E-state index is 14.3. The highest BCUT2D eigenvalue weighted by Gasteiger charge is 2.56. The Kier molecular flexibility index (Phi) is 7.10. The number of piperazine rings is 1. The van der Waals surface area contributed by atoms with Crippen LogP contribution in [0, 0.1) is 0 Å².